The molecule has 2 atom stereocenters. The third-order valence-corrected chi connectivity index (χ3v) is 6.40. The van der Waals surface area contributed by atoms with Crippen molar-refractivity contribution in [3.05, 3.63) is 35.7 Å². The third kappa shape index (κ3) is 2.21. The van der Waals surface area contributed by atoms with E-state index in [1.165, 1.54) is 25.7 Å². The first-order chi connectivity index (χ1) is 12.8. The lowest BCUT2D eigenvalue weighted by Gasteiger charge is -2.50. The van der Waals surface area contributed by atoms with Gasteiger partial charge in [0.25, 0.3) is 0 Å². The van der Waals surface area contributed by atoms with Crippen LogP contribution in [0.1, 0.15) is 31.7 Å². The van der Waals surface area contributed by atoms with Crippen LogP contribution in [0, 0.1) is 0 Å². The van der Waals surface area contributed by atoms with Gasteiger partial charge in [0, 0.05) is 30.6 Å². The van der Waals surface area contributed by atoms with Crippen LogP contribution in [0.25, 0.3) is 16.6 Å². The second-order valence-electron chi connectivity index (χ2n) is 7.73. The van der Waals surface area contributed by atoms with Crippen molar-refractivity contribution >= 4 is 28.2 Å². The van der Waals surface area contributed by atoms with Gasteiger partial charge in [-0.3, -0.25) is 4.68 Å². The van der Waals surface area contributed by atoms with E-state index in [-0.39, 0.29) is 0 Å². The van der Waals surface area contributed by atoms with E-state index < -0.39 is 0 Å². The van der Waals surface area contributed by atoms with Gasteiger partial charge in [-0.15, -0.1) is 0 Å². The monoisotopic (exact) mass is 368 g/mol. The van der Waals surface area contributed by atoms with E-state index in [0.29, 0.717) is 18.1 Å². The molecule has 2 aliphatic carbocycles. The van der Waals surface area contributed by atoms with Gasteiger partial charge in [0.1, 0.15) is 5.69 Å². The fraction of sp³-hybridized carbons (Fsp3) is 0.474. The van der Waals surface area contributed by atoms with Gasteiger partial charge in [0.05, 0.1) is 40.9 Å². The molecule has 1 N–H and O–H groups in total. The van der Waals surface area contributed by atoms with Gasteiger partial charge in [-0.1, -0.05) is 11.6 Å². The number of anilines is 1. The predicted molar refractivity (Wildman–Crippen MR) is 102 cm³/mol. The maximum Gasteiger partial charge on any atom is 0.103 e. The SMILES string of the molecule is Clc1cc2cnn(-c3cnn(C4CC4)c3)c2cc1N1CCNC2CCC21. The molecule has 1 aromatic carbocycles. The Balaban J connectivity index is 1.43. The van der Waals surface area contributed by atoms with Crippen molar-refractivity contribution in [2.24, 2.45) is 0 Å². The molecule has 6 rings (SSSR count). The highest BCUT2D eigenvalue weighted by Gasteiger charge is 2.38. The first-order valence-corrected chi connectivity index (χ1v) is 9.87. The summed E-state index contributed by atoms with van der Waals surface area (Å²) in [5, 5.41) is 14.6. The predicted octanol–water partition coefficient (Wildman–Crippen LogP) is 3.15. The molecule has 0 amide bonds. The molecule has 0 spiro atoms. The summed E-state index contributed by atoms with van der Waals surface area (Å²) in [5.74, 6) is 0. The molecule has 26 heavy (non-hydrogen) atoms. The molecule has 3 heterocycles. The number of benzene rings is 1. The molecule has 2 unspecified atom stereocenters. The Morgan fingerprint density at radius 1 is 1.08 bits per heavy atom. The third-order valence-electron chi connectivity index (χ3n) is 6.10. The van der Waals surface area contributed by atoms with Crippen molar-refractivity contribution in [2.45, 2.75) is 43.8 Å². The molecular weight excluding hydrogens is 348 g/mol. The fourth-order valence-corrected chi connectivity index (χ4v) is 4.65. The average molecular weight is 369 g/mol. The topological polar surface area (TPSA) is 50.9 Å². The Kier molecular flexibility index (Phi) is 3.17. The van der Waals surface area contributed by atoms with Crippen LogP contribution in [0.4, 0.5) is 5.69 Å². The highest BCUT2D eigenvalue weighted by atomic mass is 35.5. The normalized spacial score (nSPS) is 25.3. The average Bonchev–Trinajstić information content (AvgIpc) is 3.20. The number of hydrogen-bond donors (Lipinski definition) is 1. The zero-order valence-corrected chi connectivity index (χ0v) is 15.2. The van der Waals surface area contributed by atoms with Crippen molar-refractivity contribution in [1.29, 1.82) is 0 Å². The summed E-state index contributed by atoms with van der Waals surface area (Å²) >= 11 is 6.67. The standard InChI is InChI=1S/C19H21ClN6/c20-15-7-12-9-23-26(14-10-22-25(11-14)13-1-2-13)18(12)8-19(15)24-6-5-21-16-3-4-17(16)24/h7-11,13,16-17,21H,1-6H2. The molecule has 7 heteroatoms. The smallest absolute Gasteiger partial charge is 0.103 e. The minimum absolute atomic E-state index is 0.563. The number of halogens is 1. The highest BCUT2D eigenvalue weighted by molar-refractivity contribution is 6.34. The maximum absolute atomic E-state index is 6.67. The molecule has 0 bridgehead atoms. The van der Waals surface area contributed by atoms with Gasteiger partial charge in [-0.05, 0) is 37.8 Å². The van der Waals surface area contributed by atoms with E-state index in [9.17, 15) is 0 Å². The summed E-state index contributed by atoms with van der Waals surface area (Å²) in [7, 11) is 0. The molecular formula is C19H21ClN6. The van der Waals surface area contributed by atoms with Crippen molar-refractivity contribution in [3.63, 3.8) is 0 Å². The number of piperazine rings is 1. The summed E-state index contributed by atoms with van der Waals surface area (Å²) in [4.78, 5) is 2.48. The fourth-order valence-electron chi connectivity index (χ4n) is 4.37. The molecule has 1 aliphatic heterocycles. The van der Waals surface area contributed by atoms with Crippen molar-refractivity contribution in [3.8, 4) is 5.69 Å². The van der Waals surface area contributed by atoms with Crippen molar-refractivity contribution in [1.82, 2.24) is 24.9 Å². The van der Waals surface area contributed by atoms with Gasteiger partial charge in [-0.25, -0.2) is 4.68 Å². The van der Waals surface area contributed by atoms with Gasteiger partial charge >= 0.3 is 0 Å². The van der Waals surface area contributed by atoms with Crippen LogP contribution >= 0.6 is 11.6 Å². The number of nitrogens with one attached hydrogen (secondary N) is 1. The second kappa shape index (κ2) is 5.47. The maximum atomic E-state index is 6.67. The molecule has 0 radical (unpaired) electrons. The van der Waals surface area contributed by atoms with Crippen LogP contribution in [0.3, 0.4) is 0 Å². The van der Waals surface area contributed by atoms with E-state index >= 15 is 0 Å². The Hall–Kier alpha value is -2.05. The lowest BCUT2D eigenvalue weighted by molar-refractivity contribution is 0.241. The summed E-state index contributed by atoms with van der Waals surface area (Å²) in [6.07, 6.45) is 10.9. The first-order valence-electron chi connectivity index (χ1n) is 9.50. The van der Waals surface area contributed by atoms with E-state index in [0.717, 1.165) is 40.4 Å². The van der Waals surface area contributed by atoms with Crippen molar-refractivity contribution < 1.29 is 0 Å². The van der Waals surface area contributed by atoms with Crippen LogP contribution in [0.2, 0.25) is 5.02 Å². The number of hydrogen-bond acceptors (Lipinski definition) is 4. The summed E-state index contributed by atoms with van der Waals surface area (Å²) in [6.45, 7) is 2.02. The van der Waals surface area contributed by atoms with Gasteiger partial charge in [-0.2, -0.15) is 10.2 Å². The number of nitrogens with zero attached hydrogens (tertiary/aromatic N) is 5. The molecule has 2 aromatic heterocycles. The molecule has 3 fully saturated rings. The zero-order valence-electron chi connectivity index (χ0n) is 14.5. The summed E-state index contributed by atoms with van der Waals surface area (Å²) in [5.41, 5.74) is 3.24. The molecule has 3 aromatic rings. The van der Waals surface area contributed by atoms with Crippen LogP contribution in [-0.4, -0.2) is 44.7 Å². The number of fused-ring (bicyclic) bond motifs is 2. The Morgan fingerprint density at radius 3 is 2.81 bits per heavy atom. The number of aromatic nitrogens is 4. The van der Waals surface area contributed by atoms with Gasteiger partial charge in [0.15, 0.2) is 0 Å². The van der Waals surface area contributed by atoms with Crippen LogP contribution in [0.5, 0.6) is 0 Å². The Labute approximate surface area is 156 Å². The van der Waals surface area contributed by atoms with E-state index in [2.05, 4.69) is 43.4 Å². The second-order valence-corrected chi connectivity index (χ2v) is 8.13. The Bertz CT molecular complexity index is 987. The Morgan fingerprint density at radius 2 is 2.00 bits per heavy atom. The van der Waals surface area contributed by atoms with Crippen molar-refractivity contribution in [2.75, 3.05) is 18.0 Å². The number of rotatable bonds is 3. The molecule has 3 aliphatic rings. The minimum atomic E-state index is 0.563. The molecule has 1 saturated heterocycles. The van der Waals surface area contributed by atoms with Crippen LogP contribution in [-0.2, 0) is 0 Å². The lowest BCUT2D eigenvalue weighted by atomic mass is 9.83. The van der Waals surface area contributed by atoms with E-state index in [4.69, 9.17) is 11.6 Å². The first kappa shape index (κ1) is 15.1. The minimum Gasteiger partial charge on any atom is -0.364 e. The van der Waals surface area contributed by atoms with Gasteiger partial charge < -0.3 is 10.2 Å². The largest absolute Gasteiger partial charge is 0.364 e. The van der Waals surface area contributed by atoms with Gasteiger partial charge in [0.2, 0.25) is 0 Å². The summed E-state index contributed by atoms with van der Waals surface area (Å²) < 4.78 is 4.05. The zero-order chi connectivity index (χ0) is 17.3. The molecule has 134 valence electrons. The quantitative estimate of drug-likeness (QED) is 0.771. The molecule has 6 nitrogen and oxygen atoms in total. The lowest BCUT2D eigenvalue weighted by Crippen LogP contribution is -2.63. The van der Waals surface area contributed by atoms with E-state index in [1.807, 2.05) is 17.1 Å². The highest BCUT2D eigenvalue weighted by Crippen LogP contribution is 2.39. The van der Waals surface area contributed by atoms with Crippen LogP contribution in [0.15, 0.2) is 30.7 Å². The molecule has 2 saturated carbocycles. The van der Waals surface area contributed by atoms with E-state index in [1.54, 1.807) is 0 Å². The summed E-state index contributed by atoms with van der Waals surface area (Å²) in [6, 6.07) is 6.01. The van der Waals surface area contributed by atoms with Crippen LogP contribution < -0.4 is 10.2 Å².